The van der Waals surface area contributed by atoms with Crippen molar-refractivity contribution in [3.63, 3.8) is 0 Å². The van der Waals surface area contributed by atoms with E-state index < -0.39 is 29.7 Å². The maximum Gasteiger partial charge on any atom is 0.407 e. The maximum atomic E-state index is 13.3. The van der Waals surface area contributed by atoms with E-state index in [1.165, 1.54) is 4.90 Å². The summed E-state index contributed by atoms with van der Waals surface area (Å²) >= 11 is 0. The minimum Gasteiger partial charge on any atom is -0.479 e. The van der Waals surface area contributed by atoms with Crippen molar-refractivity contribution in [3.8, 4) is 11.1 Å². The quantitative estimate of drug-likeness (QED) is 0.687. The molecule has 1 saturated carbocycles. The molecule has 3 fully saturated rings. The highest BCUT2D eigenvalue weighted by Crippen LogP contribution is 2.54. The van der Waals surface area contributed by atoms with Crippen LogP contribution in [0.25, 0.3) is 11.1 Å². The number of fused-ring (bicyclic) bond motifs is 4. The Morgan fingerprint density at radius 1 is 1.06 bits per heavy atom. The number of hydrogen-bond donors (Lipinski definition) is 2. The molecule has 2 aromatic carbocycles. The van der Waals surface area contributed by atoms with Crippen LogP contribution >= 0.6 is 0 Å². The van der Waals surface area contributed by atoms with Gasteiger partial charge in [0.1, 0.15) is 12.1 Å². The van der Waals surface area contributed by atoms with Crippen molar-refractivity contribution in [2.24, 2.45) is 5.92 Å². The van der Waals surface area contributed by atoms with E-state index in [1.807, 2.05) is 24.3 Å². The first-order chi connectivity index (χ1) is 17.0. The zero-order valence-electron chi connectivity index (χ0n) is 19.3. The summed E-state index contributed by atoms with van der Waals surface area (Å²) in [5, 5.41) is 12.6. The minimum absolute atomic E-state index is 0.00708. The van der Waals surface area contributed by atoms with Gasteiger partial charge in [0.15, 0.2) is 6.10 Å². The summed E-state index contributed by atoms with van der Waals surface area (Å²) in [6, 6.07) is 15.7. The lowest BCUT2D eigenvalue weighted by Gasteiger charge is -2.36. The molecule has 2 N–H and O–H groups in total. The van der Waals surface area contributed by atoms with Gasteiger partial charge in [-0.1, -0.05) is 48.5 Å². The molecule has 0 bridgehead atoms. The molecule has 6 rings (SSSR count). The van der Waals surface area contributed by atoms with Crippen molar-refractivity contribution in [1.82, 2.24) is 10.2 Å². The van der Waals surface area contributed by atoms with Gasteiger partial charge >= 0.3 is 12.1 Å². The van der Waals surface area contributed by atoms with Crippen LogP contribution in [0.2, 0.25) is 0 Å². The molecule has 35 heavy (non-hydrogen) atoms. The molecule has 0 aromatic heterocycles. The molecule has 182 valence electrons. The van der Waals surface area contributed by atoms with E-state index >= 15 is 0 Å². The second-order valence-corrected chi connectivity index (χ2v) is 9.92. The number of likely N-dealkylation sites (tertiary alicyclic amines) is 1. The van der Waals surface area contributed by atoms with Gasteiger partial charge in [-0.05, 0) is 53.9 Å². The van der Waals surface area contributed by atoms with E-state index in [4.69, 9.17) is 9.47 Å². The third kappa shape index (κ3) is 3.50. The van der Waals surface area contributed by atoms with Crippen LogP contribution in [0, 0.1) is 5.92 Å². The van der Waals surface area contributed by atoms with Gasteiger partial charge in [0, 0.05) is 19.1 Å². The second-order valence-electron chi connectivity index (χ2n) is 9.92. The molecule has 8 nitrogen and oxygen atoms in total. The molecule has 8 heteroatoms. The van der Waals surface area contributed by atoms with Crippen LogP contribution in [-0.4, -0.2) is 65.4 Å². The predicted molar refractivity (Wildman–Crippen MR) is 126 cm³/mol. The topological polar surface area (TPSA) is 105 Å². The number of carboxylic acid groups (broad SMARTS) is 1. The van der Waals surface area contributed by atoms with Gasteiger partial charge in [0.05, 0.1) is 6.04 Å². The predicted octanol–water partition coefficient (Wildman–Crippen LogP) is 3.15. The Morgan fingerprint density at radius 2 is 1.74 bits per heavy atom. The zero-order chi connectivity index (χ0) is 24.2. The van der Waals surface area contributed by atoms with Crippen LogP contribution in [-0.2, 0) is 19.1 Å². The summed E-state index contributed by atoms with van der Waals surface area (Å²) in [7, 11) is 0. The number of carbonyl (C=O) groups excluding carboxylic acids is 2. The molecular weight excluding hydrogens is 448 g/mol. The van der Waals surface area contributed by atoms with Gasteiger partial charge in [-0.25, -0.2) is 9.59 Å². The van der Waals surface area contributed by atoms with E-state index in [2.05, 4.69) is 29.6 Å². The number of piperidine rings is 1. The lowest BCUT2D eigenvalue weighted by molar-refractivity contribution is -0.159. The summed E-state index contributed by atoms with van der Waals surface area (Å²) in [4.78, 5) is 39.5. The monoisotopic (exact) mass is 476 g/mol. The highest BCUT2D eigenvalue weighted by Gasteiger charge is 2.67. The molecular formula is C27H28N2O6. The summed E-state index contributed by atoms with van der Waals surface area (Å²) < 4.78 is 11.3. The molecule has 4 aliphatic rings. The summed E-state index contributed by atoms with van der Waals surface area (Å²) in [5.74, 6) is -1.35. The Labute approximate surface area is 203 Å². The number of hydrogen-bond acceptors (Lipinski definition) is 5. The van der Waals surface area contributed by atoms with Crippen molar-refractivity contribution < 1.29 is 29.0 Å². The third-order valence-corrected chi connectivity index (χ3v) is 8.11. The number of rotatable bonds is 5. The number of nitrogens with zero attached hydrogens (tertiary/aromatic N) is 1. The van der Waals surface area contributed by atoms with Crippen LogP contribution in [0.3, 0.4) is 0 Å². The average Bonchev–Trinajstić information content (AvgIpc) is 3.34. The van der Waals surface area contributed by atoms with E-state index in [1.54, 1.807) is 0 Å². The number of alkyl carbamates (subject to hydrolysis) is 1. The number of benzene rings is 2. The van der Waals surface area contributed by atoms with Crippen molar-refractivity contribution >= 4 is 18.0 Å². The Balaban J connectivity index is 1.12. The van der Waals surface area contributed by atoms with Crippen molar-refractivity contribution in [2.75, 3.05) is 19.8 Å². The Bertz CT molecular complexity index is 1150. The molecule has 2 aliphatic heterocycles. The second kappa shape index (κ2) is 8.37. The smallest absolute Gasteiger partial charge is 0.407 e. The molecule has 4 atom stereocenters. The van der Waals surface area contributed by atoms with E-state index in [-0.39, 0.29) is 24.3 Å². The lowest BCUT2D eigenvalue weighted by Crippen LogP contribution is -2.57. The fourth-order valence-corrected chi connectivity index (χ4v) is 6.29. The highest BCUT2D eigenvalue weighted by molar-refractivity contribution is 5.93. The normalized spacial score (nSPS) is 28.6. The average molecular weight is 477 g/mol. The van der Waals surface area contributed by atoms with E-state index in [9.17, 15) is 19.5 Å². The number of carboxylic acids is 1. The van der Waals surface area contributed by atoms with Crippen LogP contribution in [0.4, 0.5) is 4.79 Å². The molecule has 0 radical (unpaired) electrons. The highest BCUT2D eigenvalue weighted by atomic mass is 16.6. The first kappa shape index (κ1) is 22.1. The Kier molecular flexibility index (Phi) is 5.29. The van der Waals surface area contributed by atoms with Crippen molar-refractivity contribution in [3.05, 3.63) is 59.7 Å². The van der Waals surface area contributed by atoms with Crippen molar-refractivity contribution in [1.29, 1.82) is 0 Å². The van der Waals surface area contributed by atoms with Gasteiger partial charge < -0.3 is 24.8 Å². The largest absolute Gasteiger partial charge is 0.479 e. The summed E-state index contributed by atoms with van der Waals surface area (Å²) in [5.41, 5.74) is 3.46. The first-order valence-electron chi connectivity index (χ1n) is 12.3. The number of amides is 2. The van der Waals surface area contributed by atoms with Crippen LogP contribution in [0.15, 0.2) is 48.5 Å². The van der Waals surface area contributed by atoms with Gasteiger partial charge in [-0.2, -0.15) is 0 Å². The van der Waals surface area contributed by atoms with Crippen LogP contribution in [0.5, 0.6) is 0 Å². The molecule has 2 aromatic rings. The van der Waals surface area contributed by atoms with Gasteiger partial charge in [0.25, 0.3) is 5.91 Å². The van der Waals surface area contributed by atoms with Crippen LogP contribution in [0.1, 0.15) is 42.7 Å². The third-order valence-electron chi connectivity index (χ3n) is 8.11. The zero-order valence-corrected chi connectivity index (χ0v) is 19.3. The van der Waals surface area contributed by atoms with E-state index in [0.29, 0.717) is 26.0 Å². The van der Waals surface area contributed by atoms with Gasteiger partial charge in [-0.3, -0.25) is 4.79 Å². The number of carbonyl (C=O) groups is 3. The fraction of sp³-hybridized carbons (Fsp3) is 0.444. The lowest BCUT2D eigenvalue weighted by atomic mass is 9.98. The summed E-state index contributed by atoms with van der Waals surface area (Å²) in [6.07, 6.45) is 1.07. The Hall–Kier alpha value is -3.39. The Morgan fingerprint density at radius 3 is 2.43 bits per heavy atom. The van der Waals surface area contributed by atoms with E-state index in [0.717, 1.165) is 35.1 Å². The molecule has 2 aliphatic carbocycles. The van der Waals surface area contributed by atoms with Crippen LogP contribution < -0.4 is 5.32 Å². The standard InChI is InChI=1S/C27H28N2O6/c30-24(29-12-5-6-16-14-27(16,29)25(31)32)23-22(11-13-34-23)28-26(33)35-15-21-19-9-3-1-7-17(19)18-8-2-4-10-20(18)21/h1-4,7-10,16,21-23H,5-6,11-15H2,(H,28,33)(H,31,32). The minimum atomic E-state index is -1.10. The number of aliphatic carboxylic acids is 1. The molecule has 2 amide bonds. The molecule has 2 saturated heterocycles. The number of nitrogens with one attached hydrogen (secondary N) is 1. The molecule has 0 spiro atoms. The SMILES string of the molecule is O=C(NC1CCOC1C(=O)N1CCCC2CC21C(=O)O)OCC1c2ccccc2-c2ccccc21. The molecule has 2 heterocycles. The summed E-state index contributed by atoms with van der Waals surface area (Å²) in [6.45, 7) is 0.906. The molecule has 4 unspecified atom stereocenters. The first-order valence-corrected chi connectivity index (χ1v) is 12.3. The van der Waals surface area contributed by atoms with Gasteiger partial charge in [0.2, 0.25) is 0 Å². The van der Waals surface area contributed by atoms with Gasteiger partial charge in [-0.15, -0.1) is 0 Å². The number of ether oxygens (including phenoxy) is 2. The fourth-order valence-electron chi connectivity index (χ4n) is 6.29. The maximum absolute atomic E-state index is 13.3. The van der Waals surface area contributed by atoms with Crippen molar-refractivity contribution in [2.45, 2.75) is 49.3 Å².